The molecule has 6 heterocycles. The summed E-state index contributed by atoms with van der Waals surface area (Å²) in [4.78, 5) is 148. The number of unbranched alkanes of at least 4 members (excludes halogenated alkanes) is 3. The highest BCUT2D eigenvalue weighted by Gasteiger charge is 2.48. The standard InChI is InChI=1S/C41H65N12O21P3S2/c1-41(2,19-71-77(68,69)74-76(66,67)70-17-23-33(73-75(63,64)65)32(58)39(72-23)53-21-47-31-35(42)45-20-46-36(31)53)34(59)37(60)44-12-11-26(54)43-13-15-78-25-16-29(57)52(38(25)61)14-7-3-4-9-27(55)50-51-28(56)10-6-5-8-24-30-22(18-79-24)48-40(62)49-30/h20-25,30,32-34,39,58-59H,3-19H2,1-2H3,(H,43,54)(H,44,60)(H,50,55)(H,51,56)(H,66,67)(H,68,69)(H2,42,45,46)(H2,48,49,62)(H2,63,64,65)/p-4/t22-,23+,24-,25+,30-,32-,33?,34-,39+/m0/s1. The number of urea groups is 1. The summed E-state index contributed by atoms with van der Waals surface area (Å²) in [6, 6.07) is 0.100. The average Bonchev–Trinajstić information content (AvgIpc) is 4.26. The Morgan fingerprint density at radius 3 is 2.34 bits per heavy atom. The van der Waals surface area contributed by atoms with E-state index in [2.05, 4.69) is 65.0 Å². The van der Waals surface area contributed by atoms with Crippen molar-refractivity contribution in [2.75, 3.05) is 50.1 Å². The average molecular weight is 1220 g/mol. The molecule has 4 aliphatic heterocycles. The van der Waals surface area contributed by atoms with E-state index < -0.39 is 89.8 Å². The lowest BCUT2D eigenvalue weighted by Gasteiger charge is -2.36. The number of nitrogens with zero attached hydrogens (tertiary/aromatic N) is 5. The van der Waals surface area contributed by atoms with Gasteiger partial charge in [0.05, 0.1) is 44.7 Å². The maximum absolute atomic E-state index is 12.9. The van der Waals surface area contributed by atoms with Crippen molar-refractivity contribution in [1.82, 2.24) is 56.5 Å². The Balaban J connectivity index is 0.799. The van der Waals surface area contributed by atoms with Crippen LogP contribution >= 0.6 is 47.0 Å². The van der Waals surface area contributed by atoms with Crippen LogP contribution in [0.5, 0.6) is 0 Å². The first-order valence-electron chi connectivity index (χ1n) is 24.7. The fourth-order valence-corrected chi connectivity index (χ4v) is 13.9. The largest absolute Gasteiger partial charge is 0.790 e. The predicted octanol–water partition coefficient (Wildman–Crippen LogP) is -3.83. The van der Waals surface area contributed by atoms with Crippen LogP contribution in [-0.4, -0.2) is 167 Å². The number of likely N-dealkylation sites (tertiary alicyclic amines) is 1. The van der Waals surface area contributed by atoms with Gasteiger partial charge < -0.3 is 79.7 Å². The molecule has 4 fully saturated rings. The minimum Gasteiger partial charge on any atom is -0.790 e. The van der Waals surface area contributed by atoms with Crippen molar-refractivity contribution in [2.45, 2.75) is 131 Å². The number of carbonyl (C=O) groups is 7. The number of fused-ring (bicyclic) bond motifs is 2. The number of imidazole rings is 1. The summed E-state index contributed by atoms with van der Waals surface area (Å²) in [5.74, 6) is -1.96. The maximum Gasteiger partial charge on any atom is 0.315 e. The Hall–Kier alpha value is -4.41. The molecular weight excluding hydrogens is 1150 g/mol. The molecule has 0 aliphatic carbocycles. The van der Waals surface area contributed by atoms with Crippen molar-refractivity contribution >= 4 is 105 Å². The molecule has 38 heteroatoms. The van der Waals surface area contributed by atoms with Crippen LogP contribution in [0.4, 0.5) is 10.6 Å². The van der Waals surface area contributed by atoms with E-state index in [1.165, 1.54) is 30.5 Å². The SMILES string of the molecule is CC(C)(COP(=O)([O-])OP(=O)([O-])OC[C@H]1O[C@@H](n2cnc3c(N)ncnc32)[C@@H](O)C1OP(=O)([O-])[O-])[C@@H](O)C(=O)NCCC(=O)NCCS[C@@H]1CC(=O)N(CCCCCC(=O)NNC(=O)CCCC[C@@H]2SC[C@@H]3NC(=O)N[C@@H]32)C1=O. The molecule has 0 radical (unpaired) electrons. The van der Waals surface area contributed by atoms with Gasteiger partial charge in [-0.15, -0.1) is 11.8 Å². The zero-order chi connectivity index (χ0) is 57.9. The normalized spacial score (nSPS) is 25.1. The van der Waals surface area contributed by atoms with E-state index in [4.69, 9.17) is 10.5 Å². The number of hydrazine groups is 1. The maximum atomic E-state index is 12.9. The number of ether oxygens (including phenoxy) is 1. The summed E-state index contributed by atoms with van der Waals surface area (Å²) in [6.45, 7) is -0.0197. The van der Waals surface area contributed by atoms with Gasteiger partial charge in [0.2, 0.25) is 35.4 Å². The smallest absolute Gasteiger partial charge is 0.315 e. The second-order valence-corrected chi connectivity index (χ2v) is 25.9. The lowest BCUT2D eigenvalue weighted by molar-refractivity contribution is -0.347. The number of aliphatic hydroxyl groups excluding tert-OH is 2. The summed E-state index contributed by atoms with van der Waals surface area (Å²) < 4.78 is 60.9. The van der Waals surface area contributed by atoms with Crippen LogP contribution in [-0.2, 0) is 65.1 Å². The van der Waals surface area contributed by atoms with Crippen molar-refractivity contribution in [3.8, 4) is 0 Å². The number of anilines is 1. The van der Waals surface area contributed by atoms with Gasteiger partial charge >= 0.3 is 6.03 Å². The van der Waals surface area contributed by atoms with Crippen molar-refractivity contribution in [3.63, 3.8) is 0 Å². The lowest BCUT2D eigenvalue weighted by Crippen LogP contribution is -2.46. The van der Waals surface area contributed by atoms with Crippen LogP contribution in [0.1, 0.15) is 84.3 Å². The highest BCUT2D eigenvalue weighted by atomic mass is 32.2. The van der Waals surface area contributed by atoms with Gasteiger partial charge in [-0.25, -0.2) is 24.1 Å². The molecule has 0 aromatic carbocycles. The second kappa shape index (κ2) is 28.0. The summed E-state index contributed by atoms with van der Waals surface area (Å²) >= 11 is 2.98. The first-order valence-corrected chi connectivity index (χ1v) is 31.2. The third-order valence-electron chi connectivity index (χ3n) is 12.7. The van der Waals surface area contributed by atoms with E-state index in [0.29, 0.717) is 30.9 Å². The molecule has 4 aliphatic rings. The molecular formula is C41H61N12O21P3S2-4. The molecule has 2 aromatic heterocycles. The number of amides is 8. The van der Waals surface area contributed by atoms with Crippen LogP contribution in [0, 0.1) is 5.41 Å². The molecule has 11 atom stereocenters. The summed E-state index contributed by atoms with van der Waals surface area (Å²) in [5, 5.41) is 31.9. The minimum absolute atomic E-state index is 0.0256. The highest BCUT2D eigenvalue weighted by Crippen LogP contribution is 2.56. The fourth-order valence-electron chi connectivity index (χ4n) is 8.60. The number of aromatic nitrogens is 4. The van der Waals surface area contributed by atoms with E-state index in [-0.39, 0.29) is 110 Å². The lowest BCUT2D eigenvalue weighted by atomic mass is 9.87. The minimum atomic E-state index is -5.96. The first kappa shape index (κ1) is 63.8. The van der Waals surface area contributed by atoms with Gasteiger partial charge in [0.25, 0.3) is 15.6 Å². The van der Waals surface area contributed by atoms with Gasteiger partial charge in [-0.1, -0.05) is 26.7 Å². The van der Waals surface area contributed by atoms with Gasteiger partial charge in [-0.3, -0.25) is 58.2 Å². The number of aliphatic hydroxyl groups is 2. The van der Waals surface area contributed by atoms with E-state index in [1.54, 1.807) is 11.8 Å². The Morgan fingerprint density at radius 1 is 0.937 bits per heavy atom. The van der Waals surface area contributed by atoms with E-state index in [0.717, 1.165) is 35.8 Å². The molecule has 0 saturated carbocycles. The van der Waals surface area contributed by atoms with Crippen molar-refractivity contribution in [2.24, 2.45) is 5.41 Å². The molecule has 33 nitrogen and oxygen atoms in total. The van der Waals surface area contributed by atoms with E-state index >= 15 is 0 Å². The third-order valence-corrected chi connectivity index (χ3v) is 18.4. The molecule has 3 unspecified atom stereocenters. The quantitative estimate of drug-likeness (QED) is 0.0115. The van der Waals surface area contributed by atoms with Gasteiger partial charge in [0.15, 0.2) is 17.7 Å². The van der Waals surface area contributed by atoms with Crippen molar-refractivity contribution < 1.29 is 99.7 Å². The summed E-state index contributed by atoms with van der Waals surface area (Å²) in [5.41, 5.74) is 8.81. The van der Waals surface area contributed by atoms with Gasteiger partial charge in [0, 0.05) is 67.5 Å². The zero-order valence-electron chi connectivity index (χ0n) is 42.5. The van der Waals surface area contributed by atoms with Gasteiger partial charge in [0.1, 0.15) is 36.3 Å². The number of hydrogen-bond donors (Lipinski definition) is 9. The monoisotopic (exact) mass is 1210 g/mol. The number of hydrogen-bond acceptors (Lipinski definition) is 27. The molecule has 0 spiro atoms. The summed E-state index contributed by atoms with van der Waals surface area (Å²) in [7, 11) is -17.7. The van der Waals surface area contributed by atoms with Crippen LogP contribution in [0.15, 0.2) is 12.7 Å². The highest BCUT2D eigenvalue weighted by molar-refractivity contribution is 8.00. The number of thioether (sulfide) groups is 2. The summed E-state index contributed by atoms with van der Waals surface area (Å²) in [6.07, 6.45) is -3.75. The zero-order valence-corrected chi connectivity index (χ0v) is 46.8. The third kappa shape index (κ3) is 18.6. The topological polar surface area (TPSA) is 495 Å². The van der Waals surface area contributed by atoms with E-state index in [9.17, 15) is 77.0 Å². The number of phosphoric acid groups is 3. The van der Waals surface area contributed by atoms with E-state index in [1.807, 2.05) is 0 Å². The molecule has 6 rings (SSSR count). The molecule has 0 bridgehead atoms. The van der Waals surface area contributed by atoms with Crippen LogP contribution < -0.4 is 57.4 Å². The number of nitrogen functional groups attached to an aromatic ring is 1. The number of nitrogens with one attached hydrogen (secondary N) is 6. The Labute approximate surface area is 459 Å². The number of phosphoric ester groups is 3. The molecule has 10 N–H and O–H groups in total. The Bertz CT molecular complexity index is 2690. The number of imide groups is 1. The van der Waals surface area contributed by atoms with Gasteiger partial charge in [-0.05, 0) is 25.7 Å². The second-order valence-electron chi connectivity index (χ2n) is 19.2. The predicted molar refractivity (Wildman–Crippen MR) is 267 cm³/mol. The molecule has 79 heavy (non-hydrogen) atoms. The fraction of sp³-hybridized carbons (Fsp3) is 0.707. The van der Waals surface area contributed by atoms with Crippen molar-refractivity contribution in [1.29, 1.82) is 0 Å². The van der Waals surface area contributed by atoms with Crippen LogP contribution in [0.2, 0.25) is 0 Å². The Morgan fingerprint density at radius 2 is 1.63 bits per heavy atom. The Kier molecular flexibility index (Phi) is 22.6. The number of rotatable bonds is 31. The van der Waals surface area contributed by atoms with Gasteiger partial charge in [-0.2, -0.15) is 11.8 Å². The molecule has 2 aromatic rings. The molecule has 442 valence electrons. The first-order chi connectivity index (χ1) is 37.1. The van der Waals surface area contributed by atoms with Crippen LogP contribution in [0.25, 0.3) is 11.2 Å². The molecule has 8 amide bonds. The number of nitrogens with two attached hydrogens (primary N) is 1. The van der Waals surface area contributed by atoms with Crippen molar-refractivity contribution in [3.05, 3.63) is 12.7 Å². The van der Waals surface area contributed by atoms with Crippen LogP contribution in [0.3, 0.4) is 0 Å². The molecule has 4 saturated heterocycles. The number of carbonyl (C=O) groups excluding carboxylic acids is 7.